The van der Waals surface area contributed by atoms with Gasteiger partial charge in [0.25, 0.3) is 5.91 Å². The first kappa shape index (κ1) is 20.4. The Labute approximate surface area is 182 Å². The van der Waals surface area contributed by atoms with E-state index >= 15 is 0 Å². The number of carbonyl (C=O) groups is 1. The summed E-state index contributed by atoms with van der Waals surface area (Å²) >= 11 is 1.35. The molecule has 2 aromatic carbocycles. The number of nitrogens with zero attached hydrogens (tertiary/aromatic N) is 3. The van der Waals surface area contributed by atoms with Gasteiger partial charge in [0.15, 0.2) is 11.5 Å². The molecule has 0 atom stereocenters. The molecule has 4 rings (SSSR count). The van der Waals surface area contributed by atoms with E-state index in [0.29, 0.717) is 10.4 Å². The van der Waals surface area contributed by atoms with Crippen molar-refractivity contribution in [3.8, 4) is 22.9 Å². The summed E-state index contributed by atoms with van der Waals surface area (Å²) < 4.78 is 12.1. The number of carbonyl (C=O) groups excluding carboxylic acids is 1. The highest BCUT2D eigenvalue weighted by molar-refractivity contribution is 7.20. The van der Waals surface area contributed by atoms with Crippen molar-refractivity contribution in [1.29, 1.82) is 0 Å². The molecule has 0 radical (unpaired) electrons. The van der Waals surface area contributed by atoms with E-state index in [4.69, 9.17) is 9.47 Å². The second kappa shape index (κ2) is 8.49. The number of phenols is 1. The highest BCUT2D eigenvalue weighted by atomic mass is 32.1. The average Bonchev–Trinajstić information content (AvgIpc) is 3.36. The van der Waals surface area contributed by atoms with E-state index in [1.807, 2.05) is 48.0 Å². The zero-order valence-electron chi connectivity index (χ0n) is 17.1. The number of amides is 1. The number of para-hydroxylation sites is 1. The van der Waals surface area contributed by atoms with Crippen LogP contribution in [0.1, 0.15) is 20.9 Å². The lowest BCUT2D eigenvalue weighted by Gasteiger charge is -2.09. The van der Waals surface area contributed by atoms with Gasteiger partial charge in [0, 0.05) is 10.9 Å². The number of benzene rings is 2. The Morgan fingerprint density at radius 2 is 1.84 bits per heavy atom. The largest absolute Gasteiger partial charge is 0.502 e. The van der Waals surface area contributed by atoms with Crippen molar-refractivity contribution in [2.24, 2.45) is 5.10 Å². The maximum Gasteiger partial charge on any atom is 0.281 e. The van der Waals surface area contributed by atoms with E-state index in [2.05, 4.69) is 15.6 Å². The lowest BCUT2D eigenvalue weighted by Crippen LogP contribution is -2.16. The van der Waals surface area contributed by atoms with Gasteiger partial charge in [-0.15, -0.1) is 11.3 Å². The van der Waals surface area contributed by atoms with Crippen LogP contribution in [0.4, 0.5) is 0 Å². The fourth-order valence-electron chi connectivity index (χ4n) is 3.11. The number of thiophene rings is 1. The number of hydrogen-bond donors (Lipinski definition) is 2. The molecule has 0 unspecified atom stereocenters. The van der Waals surface area contributed by atoms with Gasteiger partial charge >= 0.3 is 0 Å². The quantitative estimate of drug-likeness (QED) is 0.353. The molecule has 0 aliphatic rings. The number of ether oxygens (including phenoxy) is 2. The van der Waals surface area contributed by atoms with Gasteiger partial charge < -0.3 is 14.6 Å². The first-order valence-electron chi connectivity index (χ1n) is 9.34. The molecule has 2 N–H and O–H groups in total. The molecule has 0 aliphatic heterocycles. The third kappa shape index (κ3) is 3.95. The molecule has 0 fully saturated rings. The smallest absolute Gasteiger partial charge is 0.281 e. The van der Waals surface area contributed by atoms with E-state index in [0.717, 1.165) is 21.6 Å². The second-order valence-electron chi connectivity index (χ2n) is 6.64. The van der Waals surface area contributed by atoms with Crippen LogP contribution >= 0.6 is 11.3 Å². The van der Waals surface area contributed by atoms with E-state index in [9.17, 15) is 9.90 Å². The maximum atomic E-state index is 12.6. The molecule has 0 saturated heterocycles. The molecule has 0 saturated carbocycles. The van der Waals surface area contributed by atoms with Gasteiger partial charge in [-0.2, -0.15) is 10.2 Å². The van der Waals surface area contributed by atoms with Crippen molar-refractivity contribution in [3.05, 3.63) is 64.7 Å². The van der Waals surface area contributed by atoms with Crippen molar-refractivity contribution in [2.45, 2.75) is 6.92 Å². The predicted octanol–water partition coefficient (Wildman–Crippen LogP) is 3.88. The molecule has 0 aliphatic carbocycles. The fraction of sp³-hybridized carbons (Fsp3) is 0.136. The molecule has 2 aromatic heterocycles. The normalized spacial score (nSPS) is 11.2. The van der Waals surface area contributed by atoms with Gasteiger partial charge in [-0.3, -0.25) is 4.79 Å². The third-order valence-electron chi connectivity index (χ3n) is 4.65. The summed E-state index contributed by atoms with van der Waals surface area (Å²) in [5.74, 6) is 0.0728. The molecule has 4 aromatic rings. The van der Waals surface area contributed by atoms with E-state index in [-0.39, 0.29) is 23.2 Å². The third-order valence-corrected chi connectivity index (χ3v) is 5.76. The molecule has 158 valence electrons. The highest BCUT2D eigenvalue weighted by Gasteiger charge is 2.17. The van der Waals surface area contributed by atoms with Crippen LogP contribution in [0.25, 0.3) is 15.9 Å². The van der Waals surface area contributed by atoms with E-state index < -0.39 is 0 Å². The Balaban J connectivity index is 1.56. The van der Waals surface area contributed by atoms with Crippen LogP contribution in [0, 0.1) is 6.92 Å². The summed E-state index contributed by atoms with van der Waals surface area (Å²) in [5, 5.41) is 19.5. The number of phenolic OH excluding ortho intramolecular Hbond substituents is 1. The summed E-state index contributed by atoms with van der Waals surface area (Å²) in [6, 6.07) is 14.8. The molecule has 1 amide bonds. The molecule has 9 heteroatoms. The van der Waals surface area contributed by atoms with Crippen LogP contribution in [0.2, 0.25) is 0 Å². The van der Waals surface area contributed by atoms with Crippen molar-refractivity contribution in [1.82, 2.24) is 15.2 Å². The number of hydrogen-bond acceptors (Lipinski definition) is 7. The molecule has 2 heterocycles. The van der Waals surface area contributed by atoms with Gasteiger partial charge in [0.2, 0.25) is 5.75 Å². The predicted molar refractivity (Wildman–Crippen MR) is 120 cm³/mol. The van der Waals surface area contributed by atoms with Crippen LogP contribution in [0.15, 0.2) is 53.6 Å². The number of aryl methyl sites for hydroxylation is 1. The number of nitrogens with one attached hydrogen (secondary N) is 1. The van der Waals surface area contributed by atoms with Gasteiger partial charge in [-0.05, 0) is 37.3 Å². The van der Waals surface area contributed by atoms with Crippen molar-refractivity contribution in [3.63, 3.8) is 0 Å². The number of rotatable bonds is 6. The monoisotopic (exact) mass is 436 g/mol. The van der Waals surface area contributed by atoms with Crippen LogP contribution in [0.3, 0.4) is 0 Å². The summed E-state index contributed by atoms with van der Waals surface area (Å²) in [7, 11) is 2.88. The summed E-state index contributed by atoms with van der Waals surface area (Å²) in [5.41, 5.74) is 4.91. The fourth-order valence-corrected chi connectivity index (χ4v) is 4.18. The Hall–Kier alpha value is -3.85. The number of aromatic nitrogens is 2. The number of methoxy groups -OCH3 is 2. The Bertz CT molecular complexity index is 1250. The molecule has 31 heavy (non-hydrogen) atoms. The first-order valence-corrected chi connectivity index (χ1v) is 10.2. The van der Waals surface area contributed by atoms with Crippen molar-refractivity contribution >= 4 is 33.7 Å². The van der Waals surface area contributed by atoms with Gasteiger partial charge in [0.1, 0.15) is 4.83 Å². The molecule has 0 bridgehead atoms. The SMILES string of the molecule is COc1cc(C=NNC(=O)c2cc3c(C)nn(-c4ccccc4)c3s2)cc(OC)c1O. The van der Waals surface area contributed by atoms with Gasteiger partial charge in [-0.25, -0.2) is 10.1 Å². The topological polar surface area (TPSA) is 98.0 Å². The van der Waals surface area contributed by atoms with E-state index in [1.54, 1.807) is 12.1 Å². The summed E-state index contributed by atoms with van der Waals surface area (Å²) in [6.45, 7) is 1.92. The Morgan fingerprint density at radius 1 is 1.16 bits per heavy atom. The molecular weight excluding hydrogens is 416 g/mol. The highest BCUT2D eigenvalue weighted by Crippen LogP contribution is 2.36. The Morgan fingerprint density at radius 3 is 2.48 bits per heavy atom. The Kier molecular flexibility index (Phi) is 5.59. The average molecular weight is 436 g/mol. The molecule has 8 nitrogen and oxygen atoms in total. The van der Waals surface area contributed by atoms with Crippen molar-refractivity contribution in [2.75, 3.05) is 14.2 Å². The lowest BCUT2D eigenvalue weighted by atomic mass is 10.2. The van der Waals surface area contributed by atoms with Crippen LogP contribution in [-0.2, 0) is 0 Å². The minimum atomic E-state index is -0.325. The number of fused-ring (bicyclic) bond motifs is 1. The molecular formula is C22H20N4O4S. The second-order valence-corrected chi connectivity index (χ2v) is 7.67. The van der Waals surface area contributed by atoms with Gasteiger partial charge in [-0.1, -0.05) is 18.2 Å². The minimum Gasteiger partial charge on any atom is -0.502 e. The summed E-state index contributed by atoms with van der Waals surface area (Å²) in [6.07, 6.45) is 1.45. The molecule has 0 spiro atoms. The first-order chi connectivity index (χ1) is 15.0. The standard InChI is InChI=1S/C22H20N4O4S/c1-13-16-11-19(31-22(16)26(25-13)15-7-5-4-6-8-15)21(28)24-23-12-14-9-17(29-2)20(27)18(10-14)30-3/h4-12,27H,1-3H3,(H,24,28). The number of aromatic hydroxyl groups is 1. The lowest BCUT2D eigenvalue weighted by molar-refractivity contribution is 0.0959. The van der Waals surface area contributed by atoms with Crippen molar-refractivity contribution < 1.29 is 19.4 Å². The van der Waals surface area contributed by atoms with Crippen LogP contribution in [0.5, 0.6) is 17.2 Å². The number of hydrazone groups is 1. The minimum absolute atomic E-state index is 0.0979. The van der Waals surface area contributed by atoms with Crippen LogP contribution in [-0.4, -0.2) is 41.2 Å². The maximum absolute atomic E-state index is 12.6. The zero-order valence-corrected chi connectivity index (χ0v) is 17.9. The van der Waals surface area contributed by atoms with Crippen LogP contribution < -0.4 is 14.9 Å². The van der Waals surface area contributed by atoms with Gasteiger partial charge in [0.05, 0.1) is 36.7 Å². The van der Waals surface area contributed by atoms with E-state index in [1.165, 1.54) is 31.8 Å². The zero-order chi connectivity index (χ0) is 22.0. The summed E-state index contributed by atoms with van der Waals surface area (Å²) in [4.78, 5) is 14.0.